The van der Waals surface area contributed by atoms with E-state index in [0.29, 0.717) is 4.34 Å². The number of hydrogen-bond acceptors (Lipinski definition) is 4. The predicted molar refractivity (Wildman–Crippen MR) is 62.7 cm³/mol. The molecule has 4 nitrogen and oxygen atoms in total. The van der Waals surface area contributed by atoms with Crippen LogP contribution in [0, 0.1) is 0 Å². The van der Waals surface area contributed by atoms with E-state index in [1.807, 2.05) is 6.07 Å². The lowest BCUT2D eigenvalue weighted by molar-refractivity contribution is -0.125. The zero-order valence-corrected chi connectivity index (χ0v) is 10.2. The Bertz CT molecular complexity index is 340. The quantitative estimate of drug-likeness (QED) is 0.791. The van der Waals surface area contributed by atoms with Gasteiger partial charge in [0.2, 0.25) is 5.91 Å². The molecule has 15 heavy (non-hydrogen) atoms. The zero-order valence-electron chi connectivity index (χ0n) is 8.66. The van der Waals surface area contributed by atoms with Gasteiger partial charge in [-0.25, -0.2) is 5.01 Å². The Morgan fingerprint density at radius 1 is 1.67 bits per heavy atom. The van der Waals surface area contributed by atoms with Gasteiger partial charge in [-0.1, -0.05) is 11.6 Å². The largest absolute Gasteiger partial charge is 0.323 e. The average Bonchev–Trinajstić information content (AvgIpc) is 2.49. The number of rotatable bonds is 4. The van der Waals surface area contributed by atoms with Crippen molar-refractivity contribution in [3.63, 3.8) is 0 Å². The second-order valence-corrected chi connectivity index (χ2v) is 5.13. The number of hydrazine groups is 1. The zero-order chi connectivity index (χ0) is 11.4. The number of nitrogens with two attached hydrogens (primary N) is 1. The summed E-state index contributed by atoms with van der Waals surface area (Å²) in [6, 6.07) is 3.34. The Balaban J connectivity index is 2.48. The third-order valence-corrected chi connectivity index (χ3v) is 3.08. The first-order chi connectivity index (χ1) is 6.99. The Morgan fingerprint density at radius 2 is 2.33 bits per heavy atom. The van der Waals surface area contributed by atoms with Crippen molar-refractivity contribution in [1.82, 2.24) is 10.4 Å². The van der Waals surface area contributed by atoms with Crippen LogP contribution in [0.5, 0.6) is 0 Å². The van der Waals surface area contributed by atoms with Gasteiger partial charge in [0.25, 0.3) is 0 Å². The van der Waals surface area contributed by atoms with Crippen LogP contribution in [0.1, 0.15) is 17.3 Å². The number of halogens is 1. The van der Waals surface area contributed by atoms with Crippen molar-refractivity contribution < 1.29 is 4.79 Å². The van der Waals surface area contributed by atoms with Gasteiger partial charge in [0.1, 0.15) is 0 Å². The molecule has 1 aromatic rings. The SMILES string of the molecule is CN(C)NC(=O)CC(N)c1ccc(Cl)s1. The minimum absolute atomic E-state index is 0.1000. The fourth-order valence-electron chi connectivity index (χ4n) is 1.12. The molecule has 0 radical (unpaired) electrons. The van der Waals surface area contributed by atoms with Crippen molar-refractivity contribution in [2.24, 2.45) is 5.73 Å². The maximum atomic E-state index is 11.4. The van der Waals surface area contributed by atoms with E-state index in [-0.39, 0.29) is 18.4 Å². The first-order valence-electron chi connectivity index (χ1n) is 4.46. The van der Waals surface area contributed by atoms with Crippen LogP contribution in [-0.4, -0.2) is 25.0 Å². The number of hydrogen-bond donors (Lipinski definition) is 2. The number of carbonyl (C=O) groups is 1. The van der Waals surface area contributed by atoms with Gasteiger partial charge < -0.3 is 5.73 Å². The molecule has 1 unspecified atom stereocenters. The first kappa shape index (κ1) is 12.4. The molecule has 0 aliphatic rings. The molecule has 0 aliphatic carbocycles. The normalized spacial score (nSPS) is 12.9. The highest BCUT2D eigenvalue weighted by molar-refractivity contribution is 7.16. The number of nitrogens with one attached hydrogen (secondary N) is 1. The average molecular weight is 248 g/mol. The monoisotopic (exact) mass is 247 g/mol. The van der Waals surface area contributed by atoms with Gasteiger partial charge in [0, 0.05) is 31.4 Å². The van der Waals surface area contributed by atoms with E-state index in [4.69, 9.17) is 17.3 Å². The van der Waals surface area contributed by atoms with Gasteiger partial charge in [-0.2, -0.15) is 0 Å². The fourth-order valence-corrected chi connectivity index (χ4v) is 2.19. The fraction of sp³-hybridized carbons (Fsp3) is 0.444. The van der Waals surface area contributed by atoms with Crippen LogP contribution in [0.25, 0.3) is 0 Å². The number of amides is 1. The lowest BCUT2D eigenvalue weighted by Gasteiger charge is -2.14. The molecule has 0 saturated heterocycles. The van der Waals surface area contributed by atoms with Crippen LogP contribution in [-0.2, 0) is 4.79 Å². The van der Waals surface area contributed by atoms with Crippen LogP contribution in [0.2, 0.25) is 4.34 Å². The van der Waals surface area contributed by atoms with Gasteiger partial charge >= 0.3 is 0 Å². The predicted octanol–water partition coefficient (Wildman–Crippen LogP) is 1.38. The smallest absolute Gasteiger partial charge is 0.236 e. The van der Waals surface area contributed by atoms with E-state index in [2.05, 4.69) is 5.43 Å². The highest BCUT2D eigenvalue weighted by Gasteiger charge is 2.13. The third kappa shape index (κ3) is 4.17. The van der Waals surface area contributed by atoms with E-state index < -0.39 is 0 Å². The van der Waals surface area contributed by atoms with E-state index in [0.717, 1.165) is 4.88 Å². The molecule has 1 amide bonds. The third-order valence-electron chi connectivity index (χ3n) is 1.71. The maximum absolute atomic E-state index is 11.4. The summed E-state index contributed by atoms with van der Waals surface area (Å²) in [7, 11) is 3.51. The molecular weight excluding hydrogens is 234 g/mol. The van der Waals surface area contributed by atoms with E-state index in [1.54, 1.807) is 25.2 Å². The van der Waals surface area contributed by atoms with Gasteiger partial charge in [-0.3, -0.25) is 10.2 Å². The van der Waals surface area contributed by atoms with Crippen molar-refractivity contribution in [3.05, 3.63) is 21.3 Å². The maximum Gasteiger partial charge on any atom is 0.236 e. The van der Waals surface area contributed by atoms with Crippen LogP contribution in [0.4, 0.5) is 0 Å². The van der Waals surface area contributed by atoms with Crippen molar-refractivity contribution in [3.8, 4) is 0 Å². The number of carbonyl (C=O) groups excluding carboxylic acids is 1. The summed E-state index contributed by atoms with van der Waals surface area (Å²) in [5.74, 6) is -0.1000. The molecule has 0 aromatic carbocycles. The summed E-state index contributed by atoms with van der Waals surface area (Å²) >= 11 is 7.18. The number of nitrogens with zero attached hydrogens (tertiary/aromatic N) is 1. The lowest BCUT2D eigenvalue weighted by atomic mass is 10.2. The van der Waals surface area contributed by atoms with Crippen molar-refractivity contribution in [2.45, 2.75) is 12.5 Å². The molecule has 0 bridgehead atoms. The Hall–Kier alpha value is -0.620. The van der Waals surface area contributed by atoms with Gasteiger partial charge in [0.05, 0.1) is 4.34 Å². The van der Waals surface area contributed by atoms with Crippen LogP contribution < -0.4 is 11.2 Å². The van der Waals surface area contributed by atoms with Crippen LogP contribution in [0.3, 0.4) is 0 Å². The van der Waals surface area contributed by atoms with E-state index >= 15 is 0 Å². The minimum atomic E-state index is -0.289. The lowest BCUT2D eigenvalue weighted by Crippen LogP contribution is -2.37. The number of thiophene rings is 1. The summed E-state index contributed by atoms with van der Waals surface area (Å²) in [6.45, 7) is 0. The Morgan fingerprint density at radius 3 is 2.80 bits per heavy atom. The van der Waals surface area contributed by atoms with Crippen molar-refractivity contribution in [2.75, 3.05) is 14.1 Å². The molecule has 1 aromatic heterocycles. The summed E-state index contributed by atoms with van der Waals surface area (Å²) in [6.07, 6.45) is 0.259. The molecule has 0 spiro atoms. The molecule has 0 aliphatic heterocycles. The Labute approximate surface area is 98.0 Å². The highest BCUT2D eigenvalue weighted by atomic mass is 35.5. The summed E-state index contributed by atoms with van der Waals surface area (Å²) in [5, 5.41) is 1.59. The molecule has 0 saturated carbocycles. The molecular formula is C9H14ClN3OS. The first-order valence-corrected chi connectivity index (χ1v) is 5.66. The van der Waals surface area contributed by atoms with Crippen LogP contribution in [0.15, 0.2) is 12.1 Å². The van der Waals surface area contributed by atoms with E-state index in [1.165, 1.54) is 11.3 Å². The minimum Gasteiger partial charge on any atom is -0.323 e. The van der Waals surface area contributed by atoms with Gasteiger partial charge in [0.15, 0.2) is 0 Å². The molecule has 1 atom stereocenters. The standard InChI is InChI=1S/C9H14ClN3OS/c1-13(2)12-9(14)5-6(11)7-3-4-8(10)15-7/h3-4,6H,5,11H2,1-2H3,(H,12,14). The van der Waals surface area contributed by atoms with Crippen molar-refractivity contribution in [1.29, 1.82) is 0 Å². The molecule has 0 fully saturated rings. The second kappa shape index (κ2) is 5.46. The topological polar surface area (TPSA) is 58.4 Å². The summed E-state index contributed by atoms with van der Waals surface area (Å²) < 4.78 is 0.688. The summed E-state index contributed by atoms with van der Waals surface area (Å²) in [4.78, 5) is 12.3. The second-order valence-electron chi connectivity index (χ2n) is 3.38. The molecule has 6 heteroatoms. The molecule has 3 N–H and O–H groups in total. The van der Waals surface area contributed by atoms with Crippen LogP contribution >= 0.6 is 22.9 Å². The molecule has 1 rings (SSSR count). The van der Waals surface area contributed by atoms with Crippen molar-refractivity contribution >= 4 is 28.8 Å². The van der Waals surface area contributed by atoms with Gasteiger partial charge in [-0.15, -0.1) is 11.3 Å². The highest BCUT2D eigenvalue weighted by Crippen LogP contribution is 2.27. The Kier molecular flexibility index (Phi) is 4.53. The molecule has 84 valence electrons. The molecule has 1 heterocycles. The van der Waals surface area contributed by atoms with E-state index in [9.17, 15) is 4.79 Å². The van der Waals surface area contributed by atoms with Gasteiger partial charge in [-0.05, 0) is 12.1 Å². The summed E-state index contributed by atoms with van der Waals surface area (Å²) in [5.41, 5.74) is 8.49.